The number of carbonyl (C=O) groups is 1. The van der Waals surface area contributed by atoms with E-state index in [9.17, 15) is 4.79 Å². The molecule has 0 saturated carbocycles. The Bertz CT molecular complexity index is 217. The topological polar surface area (TPSA) is 48.0 Å². The Labute approximate surface area is 117 Å². The van der Waals surface area contributed by atoms with E-state index >= 15 is 0 Å². The van der Waals surface area contributed by atoms with Crippen LogP contribution in [0.5, 0.6) is 0 Å². The minimum absolute atomic E-state index is 0.167. The Morgan fingerprint density at radius 3 is 2.26 bits per heavy atom. The van der Waals surface area contributed by atoms with Crippen LogP contribution in [0.2, 0.25) is 0 Å². The Morgan fingerprint density at radius 2 is 1.74 bits per heavy atom. The maximum absolute atomic E-state index is 11.6. The fraction of sp³-hybridized carbons (Fsp3) is 0.929. The zero-order valence-electron chi connectivity index (χ0n) is 12.8. The van der Waals surface area contributed by atoms with Crippen LogP contribution in [0.1, 0.15) is 46.5 Å². The van der Waals surface area contributed by atoms with Crippen LogP contribution in [-0.4, -0.2) is 50.7 Å². The number of hydrogen-bond donors (Lipinski definition) is 0. The molecule has 0 aromatic rings. The normalized spacial score (nSPS) is 10.8. The highest BCUT2D eigenvalue weighted by molar-refractivity contribution is 5.67. The minimum Gasteiger partial charge on any atom is -0.449 e. The van der Waals surface area contributed by atoms with Gasteiger partial charge in [0.25, 0.3) is 0 Å². The zero-order valence-corrected chi connectivity index (χ0v) is 12.8. The maximum Gasteiger partial charge on any atom is 0.409 e. The largest absolute Gasteiger partial charge is 0.449 e. The molecule has 0 bridgehead atoms. The van der Waals surface area contributed by atoms with Crippen LogP contribution >= 0.6 is 0 Å². The Kier molecular flexibility index (Phi) is 11.7. The van der Waals surface area contributed by atoms with Crippen molar-refractivity contribution in [2.75, 3.05) is 33.4 Å². The third-order valence-electron chi connectivity index (χ3n) is 2.67. The zero-order chi connectivity index (χ0) is 14.5. The molecule has 5 heteroatoms. The van der Waals surface area contributed by atoms with Crippen molar-refractivity contribution in [2.24, 2.45) is 0 Å². The molecule has 0 saturated heterocycles. The van der Waals surface area contributed by atoms with E-state index in [-0.39, 0.29) is 12.4 Å². The van der Waals surface area contributed by atoms with Crippen LogP contribution in [-0.2, 0) is 14.2 Å². The second kappa shape index (κ2) is 12.2. The van der Waals surface area contributed by atoms with Crippen molar-refractivity contribution in [3.05, 3.63) is 0 Å². The van der Waals surface area contributed by atoms with E-state index < -0.39 is 0 Å². The number of nitrogens with zero attached hydrogens (tertiary/aromatic N) is 1. The standard InChI is InChI=1S/C14H29NO4/c1-5-8-12-19-14(16)15(4)11-9-10-13(17-6-2)18-7-3/h13H,5-12H2,1-4H3. The molecule has 0 atom stereocenters. The van der Waals surface area contributed by atoms with Crippen LogP contribution in [0, 0.1) is 0 Å². The second-order valence-electron chi connectivity index (χ2n) is 4.37. The summed E-state index contributed by atoms with van der Waals surface area (Å²) < 4.78 is 16.0. The first-order valence-electron chi connectivity index (χ1n) is 7.26. The van der Waals surface area contributed by atoms with Gasteiger partial charge in [0.2, 0.25) is 0 Å². The second-order valence-corrected chi connectivity index (χ2v) is 4.37. The van der Waals surface area contributed by atoms with Crippen LogP contribution in [0.3, 0.4) is 0 Å². The molecular formula is C14H29NO4. The third-order valence-corrected chi connectivity index (χ3v) is 2.67. The molecule has 0 rings (SSSR count). The summed E-state index contributed by atoms with van der Waals surface area (Å²) in [6, 6.07) is 0. The molecule has 5 nitrogen and oxygen atoms in total. The molecule has 0 aliphatic carbocycles. The van der Waals surface area contributed by atoms with E-state index in [0.29, 0.717) is 26.4 Å². The monoisotopic (exact) mass is 275 g/mol. The molecule has 1 amide bonds. The smallest absolute Gasteiger partial charge is 0.409 e. The number of hydrogen-bond acceptors (Lipinski definition) is 4. The van der Waals surface area contributed by atoms with E-state index in [2.05, 4.69) is 6.92 Å². The Hall–Kier alpha value is -0.810. The molecule has 0 aliphatic heterocycles. The van der Waals surface area contributed by atoms with Crippen LogP contribution < -0.4 is 0 Å². The quantitative estimate of drug-likeness (QED) is 0.429. The van der Waals surface area contributed by atoms with Gasteiger partial charge < -0.3 is 19.1 Å². The number of ether oxygens (including phenoxy) is 3. The van der Waals surface area contributed by atoms with Crippen molar-refractivity contribution in [2.45, 2.75) is 52.7 Å². The molecule has 0 N–H and O–H groups in total. The van der Waals surface area contributed by atoms with Crippen molar-refractivity contribution in [3.8, 4) is 0 Å². The number of amides is 1. The summed E-state index contributed by atoms with van der Waals surface area (Å²) in [6.45, 7) is 8.40. The van der Waals surface area contributed by atoms with Gasteiger partial charge in [0, 0.05) is 33.2 Å². The summed E-state index contributed by atoms with van der Waals surface area (Å²) in [7, 11) is 1.75. The average Bonchev–Trinajstić information content (AvgIpc) is 2.39. The van der Waals surface area contributed by atoms with E-state index in [1.807, 2.05) is 13.8 Å². The molecule has 0 radical (unpaired) electrons. The number of carbonyl (C=O) groups excluding carboxylic acids is 1. The highest BCUT2D eigenvalue weighted by Crippen LogP contribution is 2.06. The van der Waals surface area contributed by atoms with E-state index in [1.54, 1.807) is 11.9 Å². The van der Waals surface area contributed by atoms with Gasteiger partial charge in [-0.15, -0.1) is 0 Å². The Balaban J connectivity index is 3.75. The first-order chi connectivity index (χ1) is 9.15. The van der Waals surface area contributed by atoms with Crippen LogP contribution in [0.4, 0.5) is 4.79 Å². The summed E-state index contributed by atoms with van der Waals surface area (Å²) in [6.07, 6.45) is 3.15. The lowest BCUT2D eigenvalue weighted by atomic mass is 10.3. The SMILES string of the molecule is CCCCOC(=O)N(C)CCCC(OCC)OCC. The fourth-order valence-corrected chi connectivity index (χ4v) is 1.59. The van der Waals surface area contributed by atoms with Gasteiger partial charge >= 0.3 is 6.09 Å². The molecule has 0 spiro atoms. The molecular weight excluding hydrogens is 246 g/mol. The molecule has 19 heavy (non-hydrogen) atoms. The van der Waals surface area contributed by atoms with Crippen LogP contribution in [0.15, 0.2) is 0 Å². The van der Waals surface area contributed by atoms with E-state index in [0.717, 1.165) is 25.7 Å². The molecule has 0 aromatic carbocycles. The van der Waals surface area contributed by atoms with Crippen molar-refractivity contribution in [1.82, 2.24) is 4.90 Å². The third kappa shape index (κ3) is 9.73. The molecule has 0 aliphatic rings. The van der Waals surface area contributed by atoms with Gasteiger partial charge in [-0.05, 0) is 26.7 Å². The van der Waals surface area contributed by atoms with Gasteiger partial charge in [-0.2, -0.15) is 0 Å². The summed E-state index contributed by atoms with van der Waals surface area (Å²) in [5, 5.41) is 0. The first-order valence-corrected chi connectivity index (χ1v) is 7.26. The molecule has 0 aromatic heterocycles. The maximum atomic E-state index is 11.6. The predicted molar refractivity (Wildman–Crippen MR) is 75.2 cm³/mol. The van der Waals surface area contributed by atoms with Gasteiger partial charge in [0.1, 0.15) is 0 Å². The first kappa shape index (κ1) is 18.2. The average molecular weight is 275 g/mol. The van der Waals surface area contributed by atoms with E-state index in [4.69, 9.17) is 14.2 Å². The highest BCUT2D eigenvalue weighted by Gasteiger charge is 2.12. The van der Waals surface area contributed by atoms with Gasteiger partial charge in [0.05, 0.1) is 6.61 Å². The van der Waals surface area contributed by atoms with Gasteiger partial charge in [-0.3, -0.25) is 0 Å². The molecule has 114 valence electrons. The summed E-state index contributed by atoms with van der Waals surface area (Å²) in [5.74, 6) is 0. The Morgan fingerprint density at radius 1 is 1.11 bits per heavy atom. The van der Waals surface area contributed by atoms with Crippen molar-refractivity contribution in [1.29, 1.82) is 0 Å². The van der Waals surface area contributed by atoms with Crippen LogP contribution in [0.25, 0.3) is 0 Å². The number of unbranched alkanes of at least 4 members (excludes halogenated alkanes) is 1. The summed E-state index contributed by atoms with van der Waals surface area (Å²) in [5.41, 5.74) is 0. The fourth-order valence-electron chi connectivity index (χ4n) is 1.59. The van der Waals surface area contributed by atoms with Gasteiger partial charge in [-0.25, -0.2) is 4.79 Å². The van der Waals surface area contributed by atoms with Gasteiger partial charge in [0.15, 0.2) is 6.29 Å². The number of rotatable bonds is 11. The molecule has 0 unspecified atom stereocenters. The lowest BCUT2D eigenvalue weighted by molar-refractivity contribution is -0.140. The molecule has 0 fully saturated rings. The van der Waals surface area contributed by atoms with Crippen molar-refractivity contribution in [3.63, 3.8) is 0 Å². The summed E-state index contributed by atoms with van der Waals surface area (Å²) >= 11 is 0. The summed E-state index contributed by atoms with van der Waals surface area (Å²) in [4.78, 5) is 13.2. The van der Waals surface area contributed by atoms with E-state index in [1.165, 1.54) is 0 Å². The lowest BCUT2D eigenvalue weighted by Crippen LogP contribution is -2.29. The highest BCUT2D eigenvalue weighted by atomic mass is 16.7. The predicted octanol–water partition coefficient (Wildman–Crippen LogP) is 3.03. The van der Waals surface area contributed by atoms with Gasteiger partial charge in [-0.1, -0.05) is 13.3 Å². The minimum atomic E-state index is -0.252. The molecule has 0 heterocycles. The van der Waals surface area contributed by atoms with Crippen molar-refractivity contribution >= 4 is 6.09 Å². The van der Waals surface area contributed by atoms with Crippen molar-refractivity contribution < 1.29 is 19.0 Å². The lowest BCUT2D eigenvalue weighted by Gasteiger charge is -2.20.